The van der Waals surface area contributed by atoms with Gasteiger partial charge in [0.2, 0.25) is 0 Å². The summed E-state index contributed by atoms with van der Waals surface area (Å²) in [5.41, 5.74) is 1.76. The number of carbonyl (C=O) groups excluding carboxylic acids is 2. The van der Waals surface area contributed by atoms with E-state index in [-0.39, 0.29) is 11.9 Å². The second kappa shape index (κ2) is 7.71. The Labute approximate surface area is 160 Å². The predicted octanol–water partition coefficient (Wildman–Crippen LogP) is 3.19. The lowest BCUT2D eigenvalue weighted by Crippen LogP contribution is -2.18. The van der Waals surface area contributed by atoms with E-state index in [4.69, 9.17) is 4.74 Å². The highest BCUT2D eigenvalue weighted by molar-refractivity contribution is 7.16. The van der Waals surface area contributed by atoms with Gasteiger partial charge in [0.25, 0.3) is 5.91 Å². The molecular formula is C19H20N4O3S. The molecule has 0 fully saturated rings. The third-order valence-corrected chi connectivity index (χ3v) is 5.03. The van der Waals surface area contributed by atoms with Crippen LogP contribution in [0.3, 0.4) is 0 Å². The second-order valence-corrected chi connectivity index (χ2v) is 7.14. The van der Waals surface area contributed by atoms with Gasteiger partial charge in [-0.3, -0.25) is 9.48 Å². The lowest BCUT2D eigenvalue weighted by atomic mass is 10.2. The number of fused-ring (bicyclic) bond motifs is 1. The molecule has 0 atom stereocenters. The van der Waals surface area contributed by atoms with E-state index in [2.05, 4.69) is 16.7 Å². The molecule has 3 aromatic rings. The first kappa shape index (κ1) is 18.8. The van der Waals surface area contributed by atoms with Crippen LogP contribution < -0.4 is 4.80 Å². The fraction of sp³-hybridized carbons (Fsp3) is 0.263. The van der Waals surface area contributed by atoms with Crippen LogP contribution in [0.1, 0.15) is 40.7 Å². The van der Waals surface area contributed by atoms with Crippen molar-refractivity contribution in [2.75, 3.05) is 7.11 Å². The van der Waals surface area contributed by atoms with Gasteiger partial charge in [-0.2, -0.15) is 10.1 Å². The SMILES string of the molecule is C=CCn1c(=NC(=O)c2ccnn2C(C)C)sc2cc(C(=O)OC)ccc21. The van der Waals surface area contributed by atoms with Crippen LogP contribution >= 0.6 is 11.3 Å². The van der Waals surface area contributed by atoms with Crippen LogP contribution in [0.4, 0.5) is 0 Å². The smallest absolute Gasteiger partial charge is 0.337 e. The molecule has 3 rings (SSSR count). The number of amides is 1. The Morgan fingerprint density at radius 1 is 1.37 bits per heavy atom. The molecule has 0 bridgehead atoms. The summed E-state index contributed by atoms with van der Waals surface area (Å²) in [5.74, 6) is -0.769. The van der Waals surface area contributed by atoms with Crippen LogP contribution in [-0.4, -0.2) is 33.3 Å². The summed E-state index contributed by atoms with van der Waals surface area (Å²) in [6.07, 6.45) is 3.33. The van der Waals surface area contributed by atoms with Crippen LogP contribution in [0.15, 0.2) is 48.1 Å². The summed E-state index contributed by atoms with van der Waals surface area (Å²) < 4.78 is 9.15. The summed E-state index contributed by atoms with van der Waals surface area (Å²) >= 11 is 1.34. The monoisotopic (exact) mass is 384 g/mol. The van der Waals surface area contributed by atoms with Gasteiger partial charge in [0.15, 0.2) is 4.80 Å². The number of ether oxygens (including phenoxy) is 1. The number of nitrogens with zero attached hydrogens (tertiary/aromatic N) is 4. The Morgan fingerprint density at radius 2 is 2.15 bits per heavy atom. The highest BCUT2D eigenvalue weighted by Gasteiger charge is 2.15. The number of hydrogen-bond donors (Lipinski definition) is 0. The van der Waals surface area contributed by atoms with Gasteiger partial charge in [0.1, 0.15) is 5.69 Å². The molecule has 0 N–H and O–H groups in total. The first-order valence-electron chi connectivity index (χ1n) is 8.41. The van der Waals surface area contributed by atoms with Crippen LogP contribution in [-0.2, 0) is 11.3 Å². The van der Waals surface area contributed by atoms with Crippen molar-refractivity contribution in [3.63, 3.8) is 0 Å². The van der Waals surface area contributed by atoms with Crippen molar-refractivity contribution in [1.82, 2.24) is 14.3 Å². The first-order valence-corrected chi connectivity index (χ1v) is 9.23. The van der Waals surface area contributed by atoms with E-state index in [0.29, 0.717) is 22.6 Å². The molecule has 27 heavy (non-hydrogen) atoms. The van der Waals surface area contributed by atoms with E-state index < -0.39 is 5.97 Å². The number of thiazole rings is 1. The second-order valence-electron chi connectivity index (χ2n) is 6.13. The standard InChI is InChI=1S/C19H20N4O3S/c1-5-10-22-14-7-6-13(18(25)26-4)11-16(14)27-19(22)21-17(24)15-8-9-20-23(15)12(2)3/h5-9,11-12H,1,10H2,2-4H3. The average molecular weight is 384 g/mol. The number of benzene rings is 1. The van der Waals surface area contributed by atoms with Gasteiger partial charge >= 0.3 is 5.97 Å². The van der Waals surface area contributed by atoms with Gasteiger partial charge in [0.05, 0.1) is 22.9 Å². The van der Waals surface area contributed by atoms with Gasteiger partial charge in [-0.05, 0) is 38.1 Å². The van der Waals surface area contributed by atoms with Gasteiger partial charge in [0, 0.05) is 18.8 Å². The Morgan fingerprint density at radius 3 is 2.81 bits per heavy atom. The van der Waals surface area contributed by atoms with Crippen molar-refractivity contribution < 1.29 is 14.3 Å². The minimum absolute atomic E-state index is 0.0551. The summed E-state index contributed by atoms with van der Waals surface area (Å²) in [4.78, 5) is 29.4. The van der Waals surface area contributed by atoms with E-state index in [1.165, 1.54) is 18.4 Å². The molecule has 7 nitrogen and oxygen atoms in total. The Kier molecular flexibility index (Phi) is 5.36. The predicted molar refractivity (Wildman–Crippen MR) is 104 cm³/mol. The fourth-order valence-electron chi connectivity index (χ4n) is 2.75. The van der Waals surface area contributed by atoms with Crippen LogP contribution in [0.5, 0.6) is 0 Å². The number of aromatic nitrogens is 3. The number of carbonyl (C=O) groups is 2. The van der Waals surface area contributed by atoms with E-state index in [1.54, 1.807) is 35.2 Å². The van der Waals surface area contributed by atoms with E-state index >= 15 is 0 Å². The van der Waals surface area contributed by atoms with E-state index in [1.807, 2.05) is 24.5 Å². The Balaban J connectivity index is 2.14. The highest BCUT2D eigenvalue weighted by atomic mass is 32.1. The molecule has 0 saturated carbocycles. The molecule has 0 aliphatic carbocycles. The zero-order valence-electron chi connectivity index (χ0n) is 15.4. The number of esters is 1. The lowest BCUT2D eigenvalue weighted by Gasteiger charge is -2.07. The van der Waals surface area contributed by atoms with E-state index in [0.717, 1.165) is 10.2 Å². The van der Waals surface area contributed by atoms with Crippen LogP contribution in [0.2, 0.25) is 0 Å². The molecule has 0 aliphatic heterocycles. The zero-order chi connectivity index (χ0) is 19.6. The molecule has 0 radical (unpaired) electrons. The van der Waals surface area contributed by atoms with E-state index in [9.17, 15) is 9.59 Å². The minimum Gasteiger partial charge on any atom is -0.465 e. The fourth-order valence-corrected chi connectivity index (χ4v) is 3.83. The van der Waals surface area contributed by atoms with Crippen molar-refractivity contribution in [2.24, 2.45) is 4.99 Å². The summed E-state index contributed by atoms with van der Waals surface area (Å²) in [7, 11) is 1.34. The summed E-state index contributed by atoms with van der Waals surface area (Å²) in [5, 5.41) is 4.19. The number of methoxy groups -OCH3 is 1. The number of rotatable bonds is 5. The van der Waals surface area contributed by atoms with Gasteiger partial charge in [-0.25, -0.2) is 4.79 Å². The van der Waals surface area contributed by atoms with Crippen molar-refractivity contribution in [3.8, 4) is 0 Å². The normalized spacial score (nSPS) is 11.9. The maximum absolute atomic E-state index is 12.7. The third kappa shape index (κ3) is 3.61. The summed E-state index contributed by atoms with van der Waals surface area (Å²) in [6, 6.07) is 6.97. The molecular weight excluding hydrogens is 364 g/mol. The zero-order valence-corrected chi connectivity index (χ0v) is 16.2. The molecule has 2 aromatic heterocycles. The number of allylic oxidation sites excluding steroid dienone is 1. The molecule has 1 aromatic carbocycles. The molecule has 140 valence electrons. The average Bonchev–Trinajstić information content (AvgIpc) is 3.26. The highest BCUT2D eigenvalue weighted by Crippen LogP contribution is 2.20. The van der Waals surface area contributed by atoms with Crippen molar-refractivity contribution in [2.45, 2.75) is 26.4 Å². The molecule has 2 heterocycles. The van der Waals surface area contributed by atoms with Crippen LogP contribution in [0.25, 0.3) is 10.2 Å². The van der Waals surface area contributed by atoms with Crippen molar-refractivity contribution >= 4 is 33.4 Å². The minimum atomic E-state index is -0.407. The molecule has 0 saturated heterocycles. The first-order chi connectivity index (χ1) is 13.0. The third-order valence-electron chi connectivity index (χ3n) is 3.99. The number of hydrogen-bond acceptors (Lipinski definition) is 5. The Bertz CT molecular complexity index is 1090. The molecule has 0 aliphatic rings. The molecule has 0 unspecified atom stereocenters. The topological polar surface area (TPSA) is 78.5 Å². The molecule has 1 amide bonds. The van der Waals surface area contributed by atoms with Gasteiger partial charge in [-0.1, -0.05) is 17.4 Å². The van der Waals surface area contributed by atoms with Crippen molar-refractivity contribution in [3.05, 3.63) is 59.2 Å². The maximum Gasteiger partial charge on any atom is 0.337 e. The quantitative estimate of drug-likeness (QED) is 0.500. The molecule has 0 spiro atoms. The van der Waals surface area contributed by atoms with Crippen LogP contribution in [0, 0.1) is 0 Å². The Hall–Kier alpha value is -3.00. The van der Waals surface area contributed by atoms with Gasteiger partial charge < -0.3 is 9.30 Å². The molecule has 8 heteroatoms. The maximum atomic E-state index is 12.7. The van der Waals surface area contributed by atoms with Gasteiger partial charge in [-0.15, -0.1) is 6.58 Å². The lowest BCUT2D eigenvalue weighted by molar-refractivity contribution is 0.0601. The summed E-state index contributed by atoms with van der Waals surface area (Å²) in [6.45, 7) is 8.18. The van der Waals surface area contributed by atoms with Crippen molar-refractivity contribution in [1.29, 1.82) is 0 Å². The largest absolute Gasteiger partial charge is 0.465 e.